The Morgan fingerprint density at radius 3 is 2.88 bits per heavy atom. The average molecular weight is 392 g/mol. The van der Waals surface area contributed by atoms with Crippen LogP contribution in [0.3, 0.4) is 0 Å². The third-order valence-corrected chi connectivity index (χ3v) is 4.63. The first-order valence-electron chi connectivity index (χ1n) is 7.83. The molecule has 2 aromatic rings. The summed E-state index contributed by atoms with van der Waals surface area (Å²) in [5.74, 6) is -1.12. The first-order valence-corrected chi connectivity index (χ1v) is 8.63. The Hall–Kier alpha value is -2.15. The summed E-state index contributed by atoms with van der Waals surface area (Å²) in [5, 5.41) is 9.61. The molecule has 0 fully saturated rings. The van der Waals surface area contributed by atoms with E-state index in [9.17, 15) is 9.59 Å². The van der Waals surface area contributed by atoms with Crippen LogP contribution in [0, 0.1) is 0 Å². The number of halogens is 1. The van der Waals surface area contributed by atoms with Gasteiger partial charge in [0.15, 0.2) is 6.10 Å². The fourth-order valence-electron chi connectivity index (χ4n) is 2.79. The van der Waals surface area contributed by atoms with E-state index in [0.717, 1.165) is 28.6 Å². The lowest BCUT2D eigenvalue weighted by Gasteiger charge is -2.22. The number of carbonyl (C=O) groups is 2. The molecule has 6 nitrogen and oxygen atoms in total. The molecule has 0 saturated heterocycles. The summed E-state index contributed by atoms with van der Waals surface area (Å²) in [6.07, 6.45) is 3.41. The molecule has 24 heavy (non-hydrogen) atoms. The van der Waals surface area contributed by atoms with Gasteiger partial charge in [-0.3, -0.25) is 14.7 Å². The van der Waals surface area contributed by atoms with Crippen molar-refractivity contribution >= 4 is 33.5 Å². The summed E-state index contributed by atoms with van der Waals surface area (Å²) < 4.78 is 6.29. The van der Waals surface area contributed by atoms with Gasteiger partial charge in [-0.25, -0.2) is 0 Å². The van der Waals surface area contributed by atoms with Gasteiger partial charge in [0.05, 0.1) is 17.8 Å². The lowest BCUT2D eigenvalue weighted by molar-refractivity contribution is -0.155. The van der Waals surface area contributed by atoms with Gasteiger partial charge in [0.25, 0.3) is 5.91 Å². The molecule has 0 unspecified atom stereocenters. The quantitative estimate of drug-likeness (QED) is 0.783. The summed E-state index contributed by atoms with van der Waals surface area (Å²) in [6, 6.07) is 7.20. The number of rotatable bonds is 4. The van der Waals surface area contributed by atoms with Crippen molar-refractivity contribution in [3.63, 3.8) is 0 Å². The number of nitrogens with zero attached hydrogens (tertiary/aromatic N) is 1. The Bertz CT molecular complexity index is 742. The minimum absolute atomic E-state index is 0.355. The van der Waals surface area contributed by atoms with Crippen LogP contribution in [0.2, 0.25) is 0 Å². The van der Waals surface area contributed by atoms with E-state index in [-0.39, 0.29) is 11.8 Å². The van der Waals surface area contributed by atoms with E-state index in [2.05, 4.69) is 31.4 Å². The minimum atomic E-state index is -0.866. The first-order chi connectivity index (χ1) is 11.5. The van der Waals surface area contributed by atoms with Gasteiger partial charge in [-0.15, -0.1) is 0 Å². The number of aromatic amines is 1. The molecule has 0 radical (unpaired) electrons. The zero-order valence-electron chi connectivity index (χ0n) is 13.2. The number of aromatic nitrogens is 2. The van der Waals surface area contributed by atoms with Gasteiger partial charge in [-0.1, -0.05) is 15.9 Å². The summed E-state index contributed by atoms with van der Waals surface area (Å²) in [4.78, 5) is 24.6. The molecule has 7 heteroatoms. The van der Waals surface area contributed by atoms with Crippen molar-refractivity contribution < 1.29 is 14.3 Å². The molecular weight excluding hydrogens is 374 g/mol. The van der Waals surface area contributed by atoms with Crippen LogP contribution in [0.1, 0.15) is 36.9 Å². The van der Waals surface area contributed by atoms with Gasteiger partial charge in [0, 0.05) is 10.2 Å². The molecule has 126 valence electrons. The van der Waals surface area contributed by atoms with Gasteiger partial charge < -0.3 is 10.1 Å². The maximum absolute atomic E-state index is 12.4. The van der Waals surface area contributed by atoms with Gasteiger partial charge in [0.2, 0.25) is 0 Å². The van der Waals surface area contributed by atoms with Crippen molar-refractivity contribution in [2.24, 2.45) is 0 Å². The van der Waals surface area contributed by atoms with Gasteiger partial charge >= 0.3 is 5.97 Å². The van der Waals surface area contributed by atoms with Crippen LogP contribution in [-0.4, -0.2) is 28.2 Å². The van der Waals surface area contributed by atoms with Gasteiger partial charge in [-0.2, -0.15) is 5.10 Å². The lowest BCUT2D eigenvalue weighted by atomic mass is 9.88. The maximum Gasteiger partial charge on any atom is 0.315 e. The van der Waals surface area contributed by atoms with Crippen LogP contribution in [0.5, 0.6) is 0 Å². The standard InChI is InChI=1S/C17H18BrN3O3/c1-10(16(22)20-13-7-5-12(18)6-8-13)24-17(23)14-4-2-3-11-9-19-21-15(11)14/h5-10,14H,2-4H2,1H3,(H,19,21)(H,20,22)/t10-,14+/m1/s1. The molecule has 0 saturated carbocycles. The van der Waals surface area contributed by atoms with E-state index < -0.39 is 12.1 Å². The normalized spacial score (nSPS) is 17.7. The molecule has 1 heterocycles. The Labute approximate surface area is 148 Å². The number of hydrogen-bond donors (Lipinski definition) is 2. The Morgan fingerprint density at radius 2 is 2.12 bits per heavy atom. The third kappa shape index (κ3) is 3.67. The molecular formula is C17H18BrN3O3. The highest BCUT2D eigenvalue weighted by Gasteiger charge is 2.31. The summed E-state index contributed by atoms with van der Waals surface area (Å²) in [6.45, 7) is 1.57. The van der Waals surface area contributed by atoms with Crippen LogP contribution >= 0.6 is 15.9 Å². The van der Waals surface area contributed by atoms with Crippen molar-refractivity contribution in [3.8, 4) is 0 Å². The minimum Gasteiger partial charge on any atom is -0.452 e. The molecule has 1 aromatic heterocycles. The Morgan fingerprint density at radius 1 is 1.38 bits per heavy atom. The molecule has 1 amide bonds. The Balaban J connectivity index is 1.60. The second-order valence-corrected chi connectivity index (χ2v) is 6.74. The fourth-order valence-corrected chi connectivity index (χ4v) is 3.05. The van der Waals surface area contributed by atoms with Crippen molar-refractivity contribution in [1.82, 2.24) is 10.2 Å². The van der Waals surface area contributed by atoms with Crippen LogP contribution in [0.15, 0.2) is 34.9 Å². The highest BCUT2D eigenvalue weighted by atomic mass is 79.9. The van der Waals surface area contributed by atoms with Gasteiger partial charge in [0.1, 0.15) is 0 Å². The van der Waals surface area contributed by atoms with Crippen LogP contribution < -0.4 is 5.32 Å². The molecule has 2 atom stereocenters. The van der Waals surface area contributed by atoms with Crippen molar-refractivity contribution in [3.05, 3.63) is 46.2 Å². The predicted molar refractivity (Wildman–Crippen MR) is 92.6 cm³/mol. The van der Waals surface area contributed by atoms with Crippen molar-refractivity contribution in [2.75, 3.05) is 5.32 Å². The zero-order chi connectivity index (χ0) is 17.1. The molecule has 3 rings (SSSR count). The Kier molecular flexibility index (Phi) is 4.99. The number of H-pyrrole nitrogens is 1. The highest BCUT2D eigenvalue weighted by molar-refractivity contribution is 9.10. The smallest absolute Gasteiger partial charge is 0.315 e. The number of nitrogens with one attached hydrogen (secondary N) is 2. The largest absolute Gasteiger partial charge is 0.452 e. The lowest BCUT2D eigenvalue weighted by Crippen LogP contribution is -2.32. The third-order valence-electron chi connectivity index (χ3n) is 4.10. The molecule has 1 aliphatic carbocycles. The topological polar surface area (TPSA) is 84.1 Å². The first kappa shape index (κ1) is 16.7. The number of carbonyl (C=O) groups excluding carboxylic acids is 2. The number of ether oxygens (including phenoxy) is 1. The predicted octanol–water partition coefficient (Wildman–Crippen LogP) is 3.16. The molecule has 0 spiro atoms. The van der Waals surface area contributed by atoms with E-state index in [0.29, 0.717) is 12.1 Å². The number of fused-ring (bicyclic) bond motifs is 1. The van der Waals surface area contributed by atoms with Crippen molar-refractivity contribution in [2.45, 2.75) is 38.2 Å². The molecule has 1 aliphatic rings. The summed E-state index contributed by atoms with van der Waals surface area (Å²) >= 11 is 3.34. The second-order valence-electron chi connectivity index (χ2n) is 5.83. The highest BCUT2D eigenvalue weighted by Crippen LogP contribution is 2.31. The molecule has 2 N–H and O–H groups in total. The van der Waals surface area contributed by atoms with E-state index in [4.69, 9.17) is 4.74 Å². The fraction of sp³-hybridized carbons (Fsp3) is 0.353. The SMILES string of the molecule is C[C@@H](OC(=O)[C@H]1CCCc2cn[nH]c21)C(=O)Nc1ccc(Br)cc1. The number of anilines is 1. The van der Waals surface area contributed by atoms with Crippen LogP contribution in [-0.2, 0) is 20.7 Å². The van der Waals surface area contributed by atoms with E-state index >= 15 is 0 Å². The number of amides is 1. The number of aryl methyl sites for hydroxylation is 1. The average Bonchev–Trinajstić information content (AvgIpc) is 3.05. The van der Waals surface area contributed by atoms with Crippen LogP contribution in [0.4, 0.5) is 5.69 Å². The summed E-state index contributed by atoms with van der Waals surface area (Å²) in [7, 11) is 0. The number of benzene rings is 1. The van der Waals surface area contributed by atoms with E-state index in [1.54, 1.807) is 25.3 Å². The summed E-state index contributed by atoms with van der Waals surface area (Å²) in [5.41, 5.74) is 2.52. The number of esters is 1. The van der Waals surface area contributed by atoms with E-state index in [1.165, 1.54) is 0 Å². The number of hydrogen-bond acceptors (Lipinski definition) is 4. The second kappa shape index (κ2) is 7.17. The zero-order valence-corrected chi connectivity index (χ0v) is 14.8. The molecule has 1 aromatic carbocycles. The maximum atomic E-state index is 12.4. The molecule has 0 bridgehead atoms. The van der Waals surface area contributed by atoms with Crippen molar-refractivity contribution in [1.29, 1.82) is 0 Å². The van der Waals surface area contributed by atoms with E-state index in [1.807, 2.05) is 12.1 Å². The van der Waals surface area contributed by atoms with Gasteiger partial charge in [-0.05, 0) is 56.0 Å². The molecule has 0 aliphatic heterocycles. The monoisotopic (exact) mass is 391 g/mol. The van der Waals surface area contributed by atoms with Crippen LogP contribution in [0.25, 0.3) is 0 Å².